The second kappa shape index (κ2) is 4.86. The van der Waals surface area contributed by atoms with E-state index in [2.05, 4.69) is 5.32 Å². The van der Waals surface area contributed by atoms with E-state index < -0.39 is 0 Å². The van der Waals surface area contributed by atoms with Gasteiger partial charge in [-0.3, -0.25) is 0 Å². The number of halogens is 1. The number of hydrogen-bond acceptors (Lipinski definition) is 4. The Morgan fingerprint density at radius 3 is 2.83 bits per heavy atom. The number of methoxy groups -OCH3 is 1. The quantitative estimate of drug-likeness (QED) is 0.896. The number of hydrogen-bond donors (Lipinski definition) is 1. The van der Waals surface area contributed by atoms with Crippen LogP contribution < -0.4 is 19.5 Å². The van der Waals surface area contributed by atoms with E-state index in [1.54, 1.807) is 13.2 Å². The Labute approximate surface area is 111 Å². The molecule has 18 heavy (non-hydrogen) atoms. The van der Waals surface area contributed by atoms with E-state index in [9.17, 15) is 0 Å². The SMILES string of the molecule is COc1c(Cl)cc2c(c1C1CCNCC1)OCO2. The number of piperidine rings is 1. The van der Waals surface area contributed by atoms with Crippen molar-refractivity contribution in [2.45, 2.75) is 18.8 Å². The molecule has 2 aliphatic rings. The minimum atomic E-state index is 0.261. The van der Waals surface area contributed by atoms with Gasteiger partial charge in [0.1, 0.15) is 5.75 Å². The molecule has 5 heteroatoms. The molecule has 0 amide bonds. The Balaban J connectivity index is 2.09. The molecule has 0 aliphatic carbocycles. The largest absolute Gasteiger partial charge is 0.495 e. The first-order valence-corrected chi connectivity index (χ1v) is 6.55. The van der Waals surface area contributed by atoms with Gasteiger partial charge in [-0.05, 0) is 31.8 Å². The van der Waals surface area contributed by atoms with Gasteiger partial charge in [-0.15, -0.1) is 0 Å². The summed E-state index contributed by atoms with van der Waals surface area (Å²) < 4.78 is 16.5. The number of rotatable bonds is 2. The summed E-state index contributed by atoms with van der Waals surface area (Å²) in [5.74, 6) is 2.68. The summed E-state index contributed by atoms with van der Waals surface area (Å²) in [7, 11) is 1.65. The van der Waals surface area contributed by atoms with Crippen LogP contribution in [0.15, 0.2) is 6.07 Å². The lowest BCUT2D eigenvalue weighted by Crippen LogP contribution is -2.27. The summed E-state index contributed by atoms with van der Waals surface area (Å²) in [6.45, 7) is 2.28. The third-order valence-corrected chi connectivity index (χ3v) is 3.84. The van der Waals surface area contributed by atoms with Crippen molar-refractivity contribution in [2.75, 3.05) is 27.0 Å². The Bertz CT molecular complexity index is 454. The summed E-state index contributed by atoms with van der Waals surface area (Å²) in [6, 6.07) is 1.77. The molecule has 0 saturated carbocycles. The van der Waals surface area contributed by atoms with Gasteiger partial charge >= 0.3 is 0 Å². The molecule has 0 atom stereocenters. The van der Waals surface area contributed by atoms with Crippen LogP contribution in [0.3, 0.4) is 0 Å². The Kier molecular flexibility index (Phi) is 3.22. The molecular weight excluding hydrogens is 254 g/mol. The van der Waals surface area contributed by atoms with E-state index in [0.717, 1.165) is 48.7 Å². The van der Waals surface area contributed by atoms with Crippen LogP contribution in [0.5, 0.6) is 17.2 Å². The van der Waals surface area contributed by atoms with Crippen LogP contribution in [0.2, 0.25) is 5.02 Å². The first kappa shape index (κ1) is 11.9. The summed E-state index contributed by atoms with van der Waals surface area (Å²) in [5, 5.41) is 3.95. The Morgan fingerprint density at radius 1 is 1.33 bits per heavy atom. The van der Waals surface area contributed by atoms with Crippen LogP contribution >= 0.6 is 11.6 Å². The number of benzene rings is 1. The number of fused-ring (bicyclic) bond motifs is 1. The molecule has 2 aliphatic heterocycles. The highest BCUT2D eigenvalue weighted by Gasteiger charge is 2.30. The zero-order valence-electron chi connectivity index (χ0n) is 10.3. The molecular formula is C13H16ClNO3. The first-order valence-electron chi connectivity index (χ1n) is 6.18. The Hall–Kier alpha value is -1.13. The zero-order valence-corrected chi connectivity index (χ0v) is 11.0. The third-order valence-electron chi connectivity index (χ3n) is 3.56. The van der Waals surface area contributed by atoms with Crippen molar-refractivity contribution in [3.8, 4) is 17.2 Å². The van der Waals surface area contributed by atoms with Crippen molar-refractivity contribution in [3.05, 3.63) is 16.7 Å². The van der Waals surface area contributed by atoms with Crippen molar-refractivity contribution >= 4 is 11.6 Å². The van der Waals surface area contributed by atoms with Crippen LogP contribution in [0.4, 0.5) is 0 Å². The normalized spacial score (nSPS) is 19.0. The maximum atomic E-state index is 6.26. The summed E-state index contributed by atoms with van der Waals surface area (Å²) in [6.07, 6.45) is 2.12. The summed E-state index contributed by atoms with van der Waals surface area (Å²) in [4.78, 5) is 0. The smallest absolute Gasteiger partial charge is 0.231 e. The fourth-order valence-corrected chi connectivity index (χ4v) is 2.99. The number of ether oxygens (including phenoxy) is 3. The Morgan fingerprint density at radius 2 is 2.11 bits per heavy atom. The van der Waals surface area contributed by atoms with Gasteiger partial charge in [-0.1, -0.05) is 11.6 Å². The van der Waals surface area contributed by atoms with Crippen molar-refractivity contribution < 1.29 is 14.2 Å². The molecule has 3 rings (SSSR count). The van der Waals surface area contributed by atoms with E-state index in [-0.39, 0.29) is 6.79 Å². The lowest BCUT2D eigenvalue weighted by atomic mass is 9.88. The van der Waals surface area contributed by atoms with Crippen LogP contribution in [-0.2, 0) is 0 Å². The van der Waals surface area contributed by atoms with Crippen LogP contribution in [-0.4, -0.2) is 27.0 Å². The molecule has 1 aromatic carbocycles. The monoisotopic (exact) mass is 269 g/mol. The van der Waals surface area contributed by atoms with Gasteiger partial charge in [0.2, 0.25) is 6.79 Å². The molecule has 0 bridgehead atoms. The summed E-state index contributed by atoms with van der Waals surface area (Å²) in [5.41, 5.74) is 1.07. The van der Waals surface area contributed by atoms with E-state index in [1.165, 1.54) is 0 Å². The maximum Gasteiger partial charge on any atom is 0.231 e. The second-order valence-electron chi connectivity index (χ2n) is 4.56. The van der Waals surface area contributed by atoms with Crippen LogP contribution in [0, 0.1) is 0 Å². The highest BCUT2D eigenvalue weighted by molar-refractivity contribution is 6.32. The van der Waals surface area contributed by atoms with Crippen molar-refractivity contribution in [3.63, 3.8) is 0 Å². The van der Waals surface area contributed by atoms with Crippen molar-refractivity contribution in [1.29, 1.82) is 0 Å². The number of nitrogens with one attached hydrogen (secondary N) is 1. The molecule has 98 valence electrons. The molecule has 0 unspecified atom stereocenters. The highest BCUT2D eigenvalue weighted by Crippen LogP contribution is 2.50. The topological polar surface area (TPSA) is 39.7 Å². The lowest BCUT2D eigenvalue weighted by Gasteiger charge is -2.26. The minimum absolute atomic E-state index is 0.261. The zero-order chi connectivity index (χ0) is 12.5. The highest BCUT2D eigenvalue weighted by atomic mass is 35.5. The second-order valence-corrected chi connectivity index (χ2v) is 4.97. The minimum Gasteiger partial charge on any atom is -0.495 e. The molecule has 4 nitrogen and oxygen atoms in total. The van der Waals surface area contributed by atoms with E-state index >= 15 is 0 Å². The van der Waals surface area contributed by atoms with Gasteiger partial charge in [-0.2, -0.15) is 0 Å². The van der Waals surface area contributed by atoms with Gasteiger partial charge in [0, 0.05) is 11.6 Å². The van der Waals surface area contributed by atoms with Crippen LogP contribution in [0.25, 0.3) is 0 Å². The molecule has 1 aromatic rings. The van der Waals surface area contributed by atoms with Gasteiger partial charge in [0.25, 0.3) is 0 Å². The average molecular weight is 270 g/mol. The summed E-state index contributed by atoms with van der Waals surface area (Å²) >= 11 is 6.26. The van der Waals surface area contributed by atoms with Crippen molar-refractivity contribution in [1.82, 2.24) is 5.32 Å². The van der Waals surface area contributed by atoms with Gasteiger partial charge in [0.05, 0.1) is 12.1 Å². The van der Waals surface area contributed by atoms with Crippen LogP contribution in [0.1, 0.15) is 24.3 Å². The van der Waals surface area contributed by atoms with Crippen molar-refractivity contribution in [2.24, 2.45) is 0 Å². The molecule has 0 radical (unpaired) electrons. The molecule has 0 spiro atoms. The first-order chi connectivity index (χ1) is 8.81. The maximum absolute atomic E-state index is 6.26. The predicted molar refractivity (Wildman–Crippen MR) is 69.0 cm³/mol. The molecule has 1 N–H and O–H groups in total. The van der Waals surface area contributed by atoms with Gasteiger partial charge in [-0.25, -0.2) is 0 Å². The third kappa shape index (κ3) is 1.89. The lowest BCUT2D eigenvalue weighted by molar-refractivity contribution is 0.172. The predicted octanol–water partition coefficient (Wildman–Crippen LogP) is 2.54. The fraction of sp³-hybridized carbons (Fsp3) is 0.538. The average Bonchev–Trinajstić information content (AvgIpc) is 2.85. The fourth-order valence-electron chi connectivity index (χ4n) is 2.71. The van der Waals surface area contributed by atoms with E-state index in [1.807, 2.05) is 0 Å². The van der Waals surface area contributed by atoms with E-state index in [0.29, 0.717) is 10.9 Å². The standard InChI is InChI=1S/C13H16ClNO3/c1-16-12-9(14)6-10-13(18-7-17-10)11(12)8-2-4-15-5-3-8/h6,8,15H,2-5,7H2,1H3. The van der Waals surface area contributed by atoms with Gasteiger partial charge in [0.15, 0.2) is 11.5 Å². The molecule has 2 heterocycles. The van der Waals surface area contributed by atoms with Gasteiger partial charge < -0.3 is 19.5 Å². The molecule has 1 saturated heterocycles. The van der Waals surface area contributed by atoms with E-state index in [4.69, 9.17) is 25.8 Å². The molecule has 0 aromatic heterocycles. The molecule has 1 fully saturated rings.